The van der Waals surface area contributed by atoms with Crippen molar-refractivity contribution >= 4 is 54.9 Å². The van der Waals surface area contributed by atoms with Gasteiger partial charge in [0.2, 0.25) is 0 Å². The van der Waals surface area contributed by atoms with Crippen LogP contribution in [-0.4, -0.2) is 24.5 Å². The molecule has 0 saturated carbocycles. The third-order valence-electron chi connectivity index (χ3n) is 9.89. The summed E-state index contributed by atoms with van der Waals surface area (Å²) >= 11 is 0. The van der Waals surface area contributed by atoms with Gasteiger partial charge < -0.3 is 8.83 Å². The maximum Gasteiger partial charge on any atom is 0.167 e. The van der Waals surface area contributed by atoms with Crippen molar-refractivity contribution in [2.24, 2.45) is 0 Å². The van der Waals surface area contributed by atoms with Crippen molar-refractivity contribution in [2.45, 2.75) is 0 Å². The first-order valence-electron chi connectivity index (χ1n) is 17.5. The molecule has 7 aromatic carbocycles. The van der Waals surface area contributed by atoms with Crippen LogP contribution in [0, 0.1) is 0 Å². The van der Waals surface area contributed by atoms with Gasteiger partial charge in [0.15, 0.2) is 17.5 Å². The van der Waals surface area contributed by atoms with Gasteiger partial charge in [0.1, 0.15) is 28.2 Å². The van der Waals surface area contributed by atoms with Crippen molar-refractivity contribution in [1.29, 1.82) is 0 Å². The summed E-state index contributed by atoms with van der Waals surface area (Å²) in [6.07, 6.45) is 0. The first kappa shape index (κ1) is 29.4. The molecule has 0 aliphatic carbocycles. The molecule has 248 valence electrons. The van der Waals surface area contributed by atoms with Crippen molar-refractivity contribution in [3.63, 3.8) is 0 Å². The van der Waals surface area contributed by atoms with Crippen LogP contribution in [0.5, 0.6) is 0 Å². The fraction of sp³-hybridized carbons (Fsp3) is 0. The van der Waals surface area contributed by atoms with Crippen molar-refractivity contribution < 1.29 is 8.83 Å². The minimum absolute atomic E-state index is 0.515. The number of nitrogens with zero attached hydrogens (tertiary/aromatic N) is 5. The van der Waals surface area contributed by atoms with Crippen molar-refractivity contribution in [2.75, 3.05) is 0 Å². The SMILES string of the molecule is c1ccc(-c2nc(-c3cccc4c3oc3c(-c5nc6ccccc6n5-c5ccccc5)cccc34)nc(-c3cccc4oc5ccccc5c34)n2)cc1. The van der Waals surface area contributed by atoms with Gasteiger partial charge in [0.25, 0.3) is 0 Å². The molecule has 7 heteroatoms. The van der Waals surface area contributed by atoms with E-state index in [0.717, 1.165) is 83.1 Å². The molecule has 0 bridgehead atoms. The Labute approximate surface area is 302 Å². The minimum atomic E-state index is 0.515. The number of rotatable bonds is 5. The van der Waals surface area contributed by atoms with E-state index in [1.807, 2.05) is 115 Å². The lowest BCUT2D eigenvalue weighted by Crippen LogP contribution is -2.00. The smallest absolute Gasteiger partial charge is 0.167 e. The number of furan rings is 2. The monoisotopic (exact) mass is 681 g/mol. The van der Waals surface area contributed by atoms with Crippen molar-refractivity contribution in [3.05, 3.63) is 164 Å². The number of fused-ring (bicyclic) bond motifs is 7. The lowest BCUT2D eigenvalue weighted by atomic mass is 10.0. The van der Waals surface area contributed by atoms with E-state index in [-0.39, 0.29) is 0 Å². The first-order valence-corrected chi connectivity index (χ1v) is 17.5. The van der Waals surface area contributed by atoms with Gasteiger partial charge in [-0.1, -0.05) is 115 Å². The highest BCUT2D eigenvalue weighted by Crippen LogP contribution is 2.42. The largest absolute Gasteiger partial charge is 0.456 e. The van der Waals surface area contributed by atoms with E-state index >= 15 is 0 Å². The van der Waals surface area contributed by atoms with Crippen LogP contribution in [0.2, 0.25) is 0 Å². The van der Waals surface area contributed by atoms with Crippen LogP contribution in [-0.2, 0) is 0 Å². The van der Waals surface area contributed by atoms with E-state index in [1.54, 1.807) is 0 Å². The summed E-state index contributed by atoms with van der Waals surface area (Å²) in [5.74, 6) is 2.44. The van der Waals surface area contributed by atoms with Crippen molar-refractivity contribution in [3.8, 4) is 51.2 Å². The summed E-state index contributed by atoms with van der Waals surface area (Å²) in [4.78, 5) is 20.5. The normalized spacial score (nSPS) is 11.8. The second-order valence-electron chi connectivity index (χ2n) is 13.0. The minimum Gasteiger partial charge on any atom is -0.456 e. The lowest BCUT2D eigenvalue weighted by Gasteiger charge is -2.10. The molecule has 53 heavy (non-hydrogen) atoms. The molecule has 0 saturated heterocycles. The Morgan fingerprint density at radius 1 is 0.396 bits per heavy atom. The highest BCUT2D eigenvalue weighted by atomic mass is 16.3. The fourth-order valence-corrected chi connectivity index (χ4v) is 7.51. The van der Waals surface area contributed by atoms with E-state index in [4.69, 9.17) is 28.8 Å². The standard InChI is InChI=1S/C46H27N5O2/c1-3-14-28(15-4-1)43-48-44(33-21-13-27-39-40(33)32-18-7-10-26-38(32)52-39)50-45(49-43)34-22-11-19-30-31-20-12-23-35(42(31)53-41(30)34)46-47-36-24-8-9-25-37(36)51(46)29-16-5-2-6-17-29/h1-27H. The zero-order chi connectivity index (χ0) is 34.9. The van der Waals surface area contributed by atoms with Gasteiger partial charge >= 0.3 is 0 Å². The molecule has 7 nitrogen and oxygen atoms in total. The predicted molar refractivity (Wildman–Crippen MR) is 211 cm³/mol. The summed E-state index contributed by atoms with van der Waals surface area (Å²) in [5, 5.41) is 3.92. The number of benzene rings is 7. The second kappa shape index (κ2) is 11.6. The van der Waals surface area contributed by atoms with Crippen LogP contribution in [0.1, 0.15) is 0 Å². The van der Waals surface area contributed by atoms with Gasteiger partial charge in [-0.15, -0.1) is 0 Å². The number of hydrogen-bond acceptors (Lipinski definition) is 6. The van der Waals surface area contributed by atoms with Gasteiger partial charge in [-0.3, -0.25) is 4.57 Å². The molecule has 4 aromatic heterocycles. The lowest BCUT2D eigenvalue weighted by molar-refractivity contribution is 0.668. The van der Waals surface area contributed by atoms with Gasteiger partial charge in [-0.25, -0.2) is 19.9 Å². The van der Waals surface area contributed by atoms with Crippen LogP contribution in [0.15, 0.2) is 173 Å². The van der Waals surface area contributed by atoms with Crippen LogP contribution in [0.25, 0.3) is 106 Å². The van der Waals surface area contributed by atoms with E-state index in [9.17, 15) is 0 Å². The summed E-state index contributed by atoms with van der Waals surface area (Å²) in [6, 6.07) is 55.0. The summed E-state index contributed by atoms with van der Waals surface area (Å²) < 4.78 is 15.4. The van der Waals surface area contributed by atoms with Crippen LogP contribution >= 0.6 is 0 Å². The third kappa shape index (κ3) is 4.61. The maximum atomic E-state index is 6.95. The average Bonchev–Trinajstić information content (AvgIpc) is 3.93. The molecule has 11 aromatic rings. The Kier molecular flexibility index (Phi) is 6.42. The molecule has 0 amide bonds. The van der Waals surface area contributed by atoms with Gasteiger partial charge in [0, 0.05) is 38.4 Å². The highest BCUT2D eigenvalue weighted by molar-refractivity contribution is 6.13. The molecule has 0 aliphatic rings. The molecule has 0 fully saturated rings. The Bertz CT molecular complexity index is 3180. The molecule has 11 rings (SSSR count). The molecule has 0 aliphatic heterocycles. The molecule has 0 atom stereocenters. The molecule has 4 heterocycles. The topological polar surface area (TPSA) is 82.8 Å². The van der Waals surface area contributed by atoms with E-state index in [2.05, 4.69) is 53.1 Å². The van der Waals surface area contributed by atoms with Crippen LogP contribution in [0.4, 0.5) is 0 Å². The predicted octanol–water partition coefficient (Wildman–Crippen LogP) is 11.7. The summed E-state index contributed by atoms with van der Waals surface area (Å²) in [5.41, 5.74) is 9.41. The molecule has 0 N–H and O–H groups in total. The molecule has 0 spiro atoms. The Morgan fingerprint density at radius 2 is 0.981 bits per heavy atom. The number of para-hydroxylation sites is 6. The summed E-state index contributed by atoms with van der Waals surface area (Å²) in [7, 11) is 0. The molecule has 0 unspecified atom stereocenters. The summed E-state index contributed by atoms with van der Waals surface area (Å²) in [6.45, 7) is 0. The zero-order valence-corrected chi connectivity index (χ0v) is 28.1. The third-order valence-corrected chi connectivity index (χ3v) is 9.89. The number of aromatic nitrogens is 5. The average molecular weight is 682 g/mol. The van der Waals surface area contributed by atoms with Gasteiger partial charge in [-0.05, 0) is 48.5 Å². The second-order valence-corrected chi connectivity index (χ2v) is 13.0. The van der Waals surface area contributed by atoms with E-state index < -0.39 is 0 Å². The number of imidazole rings is 1. The quantitative estimate of drug-likeness (QED) is 0.180. The zero-order valence-electron chi connectivity index (χ0n) is 28.1. The molecular weight excluding hydrogens is 655 g/mol. The fourth-order valence-electron chi connectivity index (χ4n) is 7.51. The van der Waals surface area contributed by atoms with Gasteiger partial charge in [-0.2, -0.15) is 0 Å². The van der Waals surface area contributed by atoms with E-state index in [1.165, 1.54) is 0 Å². The Hall–Kier alpha value is -7.38. The molecular formula is C46H27N5O2. The van der Waals surface area contributed by atoms with E-state index in [0.29, 0.717) is 23.1 Å². The Balaban J connectivity index is 1.16. The first-order chi connectivity index (χ1) is 26.3. The van der Waals surface area contributed by atoms with Gasteiger partial charge in [0.05, 0.1) is 22.2 Å². The van der Waals surface area contributed by atoms with Crippen molar-refractivity contribution in [1.82, 2.24) is 24.5 Å². The highest BCUT2D eigenvalue weighted by Gasteiger charge is 2.23. The van der Waals surface area contributed by atoms with Crippen LogP contribution < -0.4 is 0 Å². The maximum absolute atomic E-state index is 6.95. The Morgan fingerprint density at radius 3 is 1.81 bits per heavy atom. The molecule has 0 radical (unpaired) electrons. The number of hydrogen-bond donors (Lipinski definition) is 0. The van der Waals surface area contributed by atoms with Crippen LogP contribution in [0.3, 0.4) is 0 Å².